The third-order valence-corrected chi connectivity index (χ3v) is 5.49. The molecular formula is C21H17F2N5O5S. The lowest BCUT2D eigenvalue weighted by molar-refractivity contribution is -0.118. The Bertz CT molecular complexity index is 1330. The van der Waals surface area contributed by atoms with Crippen LogP contribution in [0.25, 0.3) is 0 Å². The summed E-state index contributed by atoms with van der Waals surface area (Å²) in [6.07, 6.45) is 0. The first-order chi connectivity index (χ1) is 16.3. The SMILES string of the molecule is Nc1nc(SCC(=O)NCc2ccc3c(c2)OCO3)[nH]c(=O)c1NC(=O)c1ccc(F)c(F)c1. The van der Waals surface area contributed by atoms with E-state index in [1.54, 1.807) is 18.2 Å². The van der Waals surface area contributed by atoms with Crippen LogP contribution in [0.5, 0.6) is 11.5 Å². The highest BCUT2D eigenvalue weighted by Crippen LogP contribution is 2.32. The molecular weight excluding hydrogens is 472 g/mol. The molecule has 34 heavy (non-hydrogen) atoms. The van der Waals surface area contributed by atoms with E-state index in [-0.39, 0.29) is 47.2 Å². The van der Waals surface area contributed by atoms with E-state index in [1.807, 2.05) is 0 Å². The summed E-state index contributed by atoms with van der Waals surface area (Å²) in [6.45, 7) is 0.417. The molecule has 0 radical (unpaired) electrons. The van der Waals surface area contributed by atoms with Gasteiger partial charge in [-0.3, -0.25) is 19.4 Å². The van der Waals surface area contributed by atoms with Crippen LogP contribution in [-0.2, 0) is 11.3 Å². The van der Waals surface area contributed by atoms with Gasteiger partial charge in [0.05, 0.1) is 5.75 Å². The monoisotopic (exact) mass is 489 g/mol. The van der Waals surface area contributed by atoms with Crippen LogP contribution in [0.2, 0.25) is 0 Å². The molecule has 3 aromatic rings. The van der Waals surface area contributed by atoms with Gasteiger partial charge in [0.25, 0.3) is 11.5 Å². The van der Waals surface area contributed by atoms with Gasteiger partial charge in [0, 0.05) is 12.1 Å². The number of halogens is 2. The lowest BCUT2D eigenvalue weighted by Gasteiger charge is -2.09. The second-order valence-corrected chi connectivity index (χ2v) is 7.93. The highest BCUT2D eigenvalue weighted by atomic mass is 32.2. The smallest absolute Gasteiger partial charge is 0.277 e. The van der Waals surface area contributed by atoms with Gasteiger partial charge in [0.1, 0.15) is 5.69 Å². The van der Waals surface area contributed by atoms with E-state index in [9.17, 15) is 23.2 Å². The molecule has 4 rings (SSSR count). The lowest BCUT2D eigenvalue weighted by Crippen LogP contribution is -2.25. The van der Waals surface area contributed by atoms with Crippen molar-refractivity contribution in [3.05, 3.63) is 69.5 Å². The summed E-state index contributed by atoms with van der Waals surface area (Å²) in [5.74, 6) is -2.64. The molecule has 0 bridgehead atoms. The molecule has 0 fully saturated rings. The summed E-state index contributed by atoms with van der Waals surface area (Å²) in [4.78, 5) is 43.1. The van der Waals surface area contributed by atoms with Gasteiger partial charge in [-0.15, -0.1) is 0 Å². The molecule has 0 aliphatic carbocycles. The third-order valence-electron chi connectivity index (χ3n) is 4.61. The number of aromatic nitrogens is 2. The Morgan fingerprint density at radius 3 is 2.68 bits per heavy atom. The molecule has 0 atom stereocenters. The average molecular weight is 489 g/mol. The Labute approximate surface area is 194 Å². The summed E-state index contributed by atoms with van der Waals surface area (Å²) >= 11 is 0.932. The van der Waals surface area contributed by atoms with E-state index in [4.69, 9.17) is 15.2 Å². The van der Waals surface area contributed by atoms with Crippen molar-refractivity contribution in [1.82, 2.24) is 15.3 Å². The van der Waals surface area contributed by atoms with Gasteiger partial charge in [-0.1, -0.05) is 17.8 Å². The highest BCUT2D eigenvalue weighted by Gasteiger charge is 2.17. The number of hydrogen-bond acceptors (Lipinski definition) is 8. The number of carbonyl (C=O) groups excluding carboxylic acids is 2. The zero-order valence-electron chi connectivity index (χ0n) is 17.3. The first-order valence-electron chi connectivity index (χ1n) is 9.74. The van der Waals surface area contributed by atoms with Crippen LogP contribution in [0.1, 0.15) is 15.9 Å². The van der Waals surface area contributed by atoms with Crippen LogP contribution in [0, 0.1) is 11.6 Å². The summed E-state index contributed by atoms with van der Waals surface area (Å²) in [7, 11) is 0. The molecule has 2 amide bonds. The summed E-state index contributed by atoms with van der Waals surface area (Å²) in [6, 6.07) is 7.85. The van der Waals surface area contributed by atoms with Gasteiger partial charge < -0.3 is 25.8 Å². The number of nitrogens with zero attached hydrogens (tertiary/aromatic N) is 1. The molecule has 176 valence electrons. The fourth-order valence-corrected chi connectivity index (χ4v) is 3.62. The molecule has 1 aliphatic heterocycles. The van der Waals surface area contributed by atoms with Crippen LogP contribution in [-0.4, -0.2) is 34.3 Å². The zero-order valence-corrected chi connectivity index (χ0v) is 18.1. The number of benzene rings is 2. The van der Waals surface area contributed by atoms with Crippen molar-refractivity contribution in [2.24, 2.45) is 0 Å². The van der Waals surface area contributed by atoms with Gasteiger partial charge in [-0.2, -0.15) is 0 Å². The van der Waals surface area contributed by atoms with Gasteiger partial charge in [0.15, 0.2) is 34.1 Å². The van der Waals surface area contributed by atoms with Crippen molar-refractivity contribution < 1.29 is 27.8 Å². The summed E-state index contributed by atoms with van der Waals surface area (Å²) < 4.78 is 36.9. The normalized spacial score (nSPS) is 11.8. The molecule has 0 saturated carbocycles. The van der Waals surface area contributed by atoms with Crippen molar-refractivity contribution in [2.75, 3.05) is 23.6 Å². The Morgan fingerprint density at radius 2 is 1.91 bits per heavy atom. The Morgan fingerprint density at radius 1 is 1.12 bits per heavy atom. The second kappa shape index (κ2) is 9.79. The van der Waals surface area contributed by atoms with Crippen LogP contribution in [0.3, 0.4) is 0 Å². The molecule has 1 aromatic heterocycles. The Hall–Kier alpha value is -4.13. The van der Waals surface area contributed by atoms with Crippen molar-refractivity contribution in [1.29, 1.82) is 0 Å². The minimum absolute atomic E-state index is 0.0616. The number of hydrogen-bond donors (Lipinski definition) is 4. The predicted octanol–water partition coefficient (Wildman–Crippen LogP) is 2.02. The maximum atomic E-state index is 13.3. The molecule has 10 nitrogen and oxygen atoms in total. The van der Waals surface area contributed by atoms with Gasteiger partial charge in [-0.25, -0.2) is 13.8 Å². The van der Waals surface area contributed by atoms with Crippen LogP contribution < -0.4 is 31.4 Å². The van der Waals surface area contributed by atoms with Crippen molar-refractivity contribution in [3.8, 4) is 11.5 Å². The fraction of sp³-hybridized carbons (Fsp3) is 0.143. The maximum absolute atomic E-state index is 13.3. The number of nitrogens with one attached hydrogen (secondary N) is 3. The number of fused-ring (bicyclic) bond motifs is 1. The molecule has 0 unspecified atom stereocenters. The highest BCUT2D eigenvalue weighted by molar-refractivity contribution is 7.99. The molecule has 2 aromatic carbocycles. The number of amides is 2. The molecule has 0 saturated heterocycles. The predicted molar refractivity (Wildman–Crippen MR) is 119 cm³/mol. The standard InChI is InChI=1S/C21H17F2N5O5S/c22-12-3-2-11(6-13(12)23)19(30)26-17-18(24)27-21(28-20(17)31)34-8-16(29)25-7-10-1-4-14-15(5-10)33-9-32-14/h1-6H,7-9H2,(H,25,29)(H,26,30)(H3,24,27,28,31). The number of rotatable bonds is 7. The third kappa shape index (κ3) is 5.26. The van der Waals surface area contributed by atoms with Crippen LogP contribution in [0.4, 0.5) is 20.3 Å². The quantitative estimate of drug-likeness (QED) is 0.291. The zero-order chi connectivity index (χ0) is 24.2. The topological polar surface area (TPSA) is 148 Å². The minimum atomic E-state index is -1.21. The van der Waals surface area contributed by atoms with E-state index < -0.39 is 23.1 Å². The Kier molecular flexibility index (Phi) is 6.63. The largest absolute Gasteiger partial charge is 0.454 e. The van der Waals surface area contributed by atoms with E-state index in [2.05, 4.69) is 20.6 Å². The van der Waals surface area contributed by atoms with Gasteiger partial charge >= 0.3 is 0 Å². The van der Waals surface area contributed by atoms with E-state index in [1.165, 1.54) is 0 Å². The van der Waals surface area contributed by atoms with Gasteiger partial charge in [0.2, 0.25) is 12.7 Å². The van der Waals surface area contributed by atoms with Crippen molar-refractivity contribution in [3.63, 3.8) is 0 Å². The molecule has 1 aliphatic rings. The number of nitrogens with two attached hydrogens (primary N) is 1. The minimum Gasteiger partial charge on any atom is -0.454 e. The van der Waals surface area contributed by atoms with Crippen molar-refractivity contribution in [2.45, 2.75) is 11.7 Å². The second-order valence-electron chi connectivity index (χ2n) is 6.97. The first-order valence-corrected chi connectivity index (χ1v) is 10.7. The maximum Gasteiger partial charge on any atom is 0.277 e. The molecule has 5 N–H and O–H groups in total. The van der Waals surface area contributed by atoms with Crippen LogP contribution >= 0.6 is 11.8 Å². The number of carbonyl (C=O) groups is 2. The number of H-pyrrole nitrogens is 1. The van der Waals surface area contributed by atoms with E-state index in [0.29, 0.717) is 17.6 Å². The number of aromatic amines is 1. The van der Waals surface area contributed by atoms with E-state index >= 15 is 0 Å². The number of ether oxygens (including phenoxy) is 2. The first kappa shape index (κ1) is 23.0. The number of nitrogen functional groups attached to an aromatic ring is 1. The Balaban J connectivity index is 1.33. The van der Waals surface area contributed by atoms with Crippen LogP contribution in [0.15, 0.2) is 46.3 Å². The van der Waals surface area contributed by atoms with Crippen molar-refractivity contribution >= 4 is 35.1 Å². The van der Waals surface area contributed by atoms with Gasteiger partial charge in [-0.05, 0) is 35.9 Å². The molecule has 13 heteroatoms. The molecule has 0 spiro atoms. The lowest BCUT2D eigenvalue weighted by atomic mass is 10.2. The molecule has 2 heterocycles. The summed E-state index contributed by atoms with van der Waals surface area (Å²) in [5.41, 5.74) is 5.25. The number of thioether (sulfide) groups is 1. The van der Waals surface area contributed by atoms with E-state index in [0.717, 1.165) is 29.5 Å². The summed E-state index contributed by atoms with van der Waals surface area (Å²) in [5, 5.41) is 5.02. The average Bonchev–Trinajstić information content (AvgIpc) is 3.28. The fourth-order valence-electron chi connectivity index (χ4n) is 2.92. The number of anilines is 2.